The molecular formula is C27H30N4O2. The number of nitrogens with zero attached hydrogens (tertiary/aromatic N) is 3. The van der Waals surface area contributed by atoms with E-state index in [1.165, 1.54) is 12.8 Å². The highest BCUT2D eigenvalue weighted by Crippen LogP contribution is 2.44. The minimum absolute atomic E-state index is 0.105. The molecule has 1 saturated heterocycles. The Morgan fingerprint density at radius 1 is 1.12 bits per heavy atom. The maximum atomic E-state index is 13.4. The largest absolute Gasteiger partial charge is 0.495 e. The summed E-state index contributed by atoms with van der Waals surface area (Å²) in [6.07, 6.45) is 8.91. The van der Waals surface area contributed by atoms with Crippen molar-refractivity contribution < 1.29 is 9.53 Å². The van der Waals surface area contributed by atoms with E-state index >= 15 is 0 Å². The van der Waals surface area contributed by atoms with Crippen LogP contribution in [0.4, 0.5) is 5.69 Å². The first-order valence-corrected chi connectivity index (χ1v) is 11.7. The maximum absolute atomic E-state index is 13.4. The number of nitrogens with one attached hydrogen (secondary N) is 1. The minimum atomic E-state index is 0.105. The normalized spacial score (nSPS) is 21.6. The van der Waals surface area contributed by atoms with Gasteiger partial charge in [-0.25, -0.2) is 0 Å². The summed E-state index contributed by atoms with van der Waals surface area (Å²) in [7, 11) is 1.65. The second kappa shape index (κ2) is 9.61. The molecule has 1 saturated carbocycles. The Balaban J connectivity index is 1.26. The van der Waals surface area contributed by atoms with E-state index in [4.69, 9.17) is 4.74 Å². The summed E-state index contributed by atoms with van der Waals surface area (Å²) in [5.74, 6) is 2.61. The van der Waals surface area contributed by atoms with Gasteiger partial charge >= 0.3 is 0 Å². The molecule has 1 aliphatic carbocycles. The molecule has 3 atom stereocenters. The van der Waals surface area contributed by atoms with E-state index in [-0.39, 0.29) is 5.91 Å². The van der Waals surface area contributed by atoms with E-state index in [9.17, 15) is 4.79 Å². The van der Waals surface area contributed by atoms with Gasteiger partial charge in [0.15, 0.2) is 0 Å². The highest BCUT2D eigenvalue weighted by Gasteiger charge is 2.44. The van der Waals surface area contributed by atoms with Crippen molar-refractivity contribution in [3.63, 3.8) is 0 Å². The van der Waals surface area contributed by atoms with Crippen LogP contribution >= 0.6 is 0 Å². The molecule has 0 bridgehead atoms. The van der Waals surface area contributed by atoms with Crippen LogP contribution in [0.1, 0.15) is 34.5 Å². The number of benzene rings is 1. The van der Waals surface area contributed by atoms with Gasteiger partial charge in [-0.1, -0.05) is 12.1 Å². The van der Waals surface area contributed by atoms with E-state index in [1.807, 2.05) is 53.7 Å². The van der Waals surface area contributed by atoms with Gasteiger partial charge in [0, 0.05) is 49.5 Å². The number of carbonyl (C=O) groups is 1. The van der Waals surface area contributed by atoms with E-state index < -0.39 is 0 Å². The summed E-state index contributed by atoms with van der Waals surface area (Å²) in [6.45, 7) is 2.31. The van der Waals surface area contributed by atoms with Gasteiger partial charge in [0.1, 0.15) is 5.75 Å². The molecule has 170 valence electrons. The van der Waals surface area contributed by atoms with Gasteiger partial charge in [-0.2, -0.15) is 0 Å². The van der Waals surface area contributed by atoms with Gasteiger partial charge in [0.2, 0.25) is 0 Å². The predicted molar refractivity (Wildman–Crippen MR) is 128 cm³/mol. The maximum Gasteiger partial charge on any atom is 0.253 e. The molecule has 1 aromatic carbocycles. The van der Waals surface area contributed by atoms with Gasteiger partial charge in [-0.3, -0.25) is 14.8 Å². The van der Waals surface area contributed by atoms with E-state index in [1.54, 1.807) is 13.3 Å². The number of anilines is 1. The molecule has 6 heteroatoms. The zero-order valence-corrected chi connectivity index (χ0v) is 19.0. The smallest absolute Gasteiger partial charge is 0.253 e. The Bertz CT molecular complexity index is 1090. The molecule has 6 nitrogen and oxygen atoms in total. The van der Waals surface area contributed by atoms with Crippen molar-refractivity contribution in [1.29, 1.82) is 0 Å². The Kier molecular flexibility index (Phi) is 6.24. The summed E-state index contributed by atoms with van der Waals surface area (Å²) in [6, 6.07) is 15.7. The fourth-order valence-electron chi connectivity index (χ4n) is 5.45. The summed E-state index contributed by atoms with van der Waals surface area (Å²) >= 11 is 0. The molecule has 0 spiro atoms. The first-order chi connectivity index (χ1) is 16.2. The predicted octanol–water partition coefficient (Wildman–Crippen LogP) is 4.44. The second-order valence-electron chi connectivity index (χ2n) is 9.13. The molecule has 0 radical (unpaired) electrons. The average Bonchev–Trinajstić information content (AvgIpc) is 3.45. The number of aromatic nitrogens is 2. The first kappa shape index (κ1) is 21.4. The molecule has 2 aliphatic rings. The zero-order chi connectivity index (χ0) is 22.6. The lowest BCUT2D eigenvalue weighted by atomic mass is 9.89. The molecule has 3 aromatic rings. The molecule has 2 aromatic heterocycles. The van der Waals surface area contributed by atoms with Crippen LogP contribution in [0, 0.1) is 17.8 Å². The van der Waals surface area contributed by atoms with Crippen molar-refractivity contribution in [2.24, 2.45) is 17.8 Å². The number of amides is 1. The Morgan fingerprint density at radius 2 is 2.06 bits per heavy atom. The van der Waals surface area contributed by atoms with Crippen LogP contribution < -0.4 is 10.1 Å². The van der Waals surface area contributed by atoms with E-state index in [0.29, 0.717) is 29.9 Å². The molecular weight excluding hydrogens is 412 g/mol. The second-order valence-corrected chi connectivity index (χ2v) is 9.13. The number of hydrogen-bond donors (Lipinski definition) is 1. The van der Waals surface area contributed by atoms with Crippen LogP contribution in [0.2, 0.25) is 0 Å². The lowest BCUT2D eigenvalue weighted by Crippen LogP contribution is -2.30. The summed E-state index contributed by atoms with van der Waals surface area (Å²) < 4.78 is 5.52. The van der Waals surface area contributed by atoms with Gasteiger partial charge in [-0.15, -0.1) is 0 Å². The SMILES string of the molecule is COc1ccc(C(=O)N2C[C@H]3CC[C@H](Cc4ccccn4)[C@H]3C2)cc1NCc1cccnc1. The van der Waals surface area contributed by atoms with Gasteiger partial charge in [-0.05, 0) is 79.0 Å². The lowest BCUT2D eigenvalue weighted by molar-refractivity contribution is 0.0776. The topological polar surface area (TPSA) is 67.3 Å². The first-order valence-electron chi connectivity index (χ1n) is 11.7. The summed E-state index contributed by atoms with van der Waals surface area (Å²) in [5.41, 5.74) is 3.75. The third-order valence-electron chi connectivity index (χ3n) is 7.14. The number of pyridine rings is 2. The standard InChI is InChI=1S/C27H30N4O2/c1-33-26-10-9-21(14-25(26)30-16-19-5-4-11-28-15-19)27(32)31-17-22-8-7-20(24(22)18-31)13-23-6-2-3-12-29-23/h2-6,9-12,14-15,20,22,24,30H,7-8,13,16-18H2,1H3/t20-,22-,24-/m1/s1. The molecule has 1 amide bonds. The van der Waals surface area contributed by atoms with E-state index in [0.717, 1.165) is 42.2 Å². The Labute approximate surface area is 195 Å². The number of hydrogen-bond acceptors (Lipinski definition) is 5. The third kappa shape index (κ3) is 4.70. The lowest BCUT2D eigenvalue weighted by Gasteiger charge is -2.21. The fraction of sp³-hybridized carbons (Fsp3) is 0.370. The number of likely N-dealkylation sites (tertiary alicyclic amines) is 1. The summed E-state index contributed by atoms with van der Waals surface area (Å²) in [4.78, 5) is 24.1. The van der Waals surface area contributed by atoms with Gasteiger partial charge < -0.3 is 15.0 Å². The number of ether oxygens (including phenoxy) is 1. The number of carbonyl (C=O) groups excluding carboxylic acids is 1. The van der Waals surface area contributed by atoms with Crippen LogP contribution in [0.5, 0.6) is 5.75 Å². The number of fused-ring (bicyclic) bond motifs is 1. The third-order valence-corrected chi connectivity index (χ3v) is 7.14. The fourth-order valence-corrected chi connectivity index (χ4v) is 5.45. The van der Waals surface area contributed by atoms with Gasteiger partial charge in [0.05, 0.1) is 12.8 Å². The molecule has 2 fully saturated rings. The van der Waals surface area contributed by atoms with Crippen molar-refractivity contribution in [1.82, 2.24) is 14.9 Å². The number of rotatable bonds is 7. The highest BCUT2D eigenvalue weighted by atomic mass is 16.5. The molecule has 33 heavy (non-hydrogen) atoms. The van der Waals surface area contributed by atoms with Crippen molar-refractivity contribution in [3.05, 3.63) is 83.9 Å². The average molecular weight is 443 g/mol. The van der Waals surface area contributed by atoms with Crippen LogP contribution in [-0.4, -0.2) is 41.0 Å². The quantitative estimate of drug-likeness (QED) is 0.586. The molecule has 5 rings (SSSR count). The van der Waals surface area contributed by atoms with Crippen LogP contribution in [0.3, 0.4) is 0 Å². The number of methoxy groups -OCH3 is 1. The summed E-state index contributed by atoms with van der Waals surface area (Å²) in [5, 5.41) is 3.40. The monoisotopic (exact) mass is 442 g/mol. The minimum Gasteiger partial charge on any atom is -0.495 e. The van der Waals surface area contributed by atoms with E-state index in [2.05, 4.69) is 27.4 Å². The molecule has 1 aliphatic heterocycles. The van der Waals surface area contributed by atoms with Crippen LogP contribution in [0.25, 0.3) is 0 Å². The van der Waals surface area contributed by atoms with Gasteiger partial charge in [0.25, 0.3) is 5.91 Å². The van der Waals surface area contributed by atoms with Crippen molar-refractivity contribution in [3.8, 4) is 5.75 Å². The molecule has 0 unspecified atom stereocenters. The van der Waals surface area contributed by atoms with Crippen LogP contribution in [0.15, 0.2) is 67.1 Å². The van der Waals surface area contributed by atoms with Crippen molar-refractivity contribution in [2.75, 3.05) is 25.5 Å². The highest BCUT2D eigenvalue weighted by molar-refractivity contribution is 5.96. The van der Waals surface area contributed by atoms with Crippen molar-refractivity contribution >= 4 is 11.6 Å². The Morgan fingerprint density at radius 3 is 2.85 bits per heavy atom. The van der Waals surface area contributed by atoms with Crippen LogP contribution in [-0.2, 0) is 13.0 Å². The Hall–Kier alpha value is -3.41. The van der Waals surface area contributed by atoms with Crippen molar-refractivity contribution in [2.45, 2.75) is 25.8 Å². The zero-order valence-electron chi connectivity index (χ0n) is 19.0. The molecule has 1 N–H and O–H groups in total. The molecule has 3 heterocycles.